The van der Waals surface area contributed by atoms with Crippen molar-refractivity contribution < 1.29 is 4.79 Å². The van der Waals surface area contributed by atoms with Crippen molar-refractivity contribution in [3.05, 3.63) is 70.0 Å². The molecular weight excluding hydrogens is 370 g/mol. The van der Waals surface area contributed by atoms with Crippen LogP contribution in [0.25, 0.3) is 22.3 Å². The van der Waals surface area contributed by atoms with Gasteiger partial charge in [0.15, 0.2) is 10.4 Å². The largest absolute Gasteiger partial charge is 0.313 e. The lowest BCUT2D eigenvalue weighted by molar-refractivity contribution is 0.102. The molecule has 128 valence electrons. The first-order chi connectivity index (χ1) is 12.6. The number of carbonyl (C=O) groups excluding carboxylic acids is 1. The molecule has 0 saturated carbocycles. The summed E-state index contributed by atoms with van der Waals surface area (Å²) < 4.78 is 0.301. The normalized spacial score (nSPS) is 10.8. The molecule has 4 aromatic rings. The third-order valence-electron chi connectivity index (χ3n) is 3.83. The van der Waals surface area contributed by atoms with Crippen molar-refractivity contribution in [3.63, 3.8) is 0 Å². The number of amides is 1. The van der Waals surface area contributed by atoms with E-state index in [9.17, 15) is 4.79 Å². The summed E-state index contributed by atoms with van der Waals surface area (Å²) in [7, 11) is 0. The fourth-order valence-electron chi connectivity index (χ4n) is 2.63. The summed E-state index contributed by atoms with van der Waals surface area (Å²) >= 11 is 11.2. The van der Waals surface area contributed by atoms with Crippen LogP contribution < -0.4 is 5.32 Å². The standard InChI is InChI=1S/C18H12ClN5OS/c19-12-8-6-10(7-9-12)14-13-15(23-24-16(13)22-18(26)20-14)21-17(25)11-4-2-1-3-5-11/h1-9H,(H3,20,21,22,23,24,25,26). The maximum Gasteiger partial charge on any atom is 0.256 e. The van der Waals surface area contributed by atoms with Crippen LogP contribution in [0.3, 0.4) is 0 Å². The molecule has 0 aliphatic heterocycles. The average molecular weight is 382 g/mol. The van der Waals surface area contributed by atoms with E-state index in [0.29, 0.717) is 37.9 Å². The number of aromatic amines is 2. The maximum absolute atomic E-state index is 12.5. The Kier molecular flexibility index (Phi) is 4.24. The van der Waals surface area contributed by atoms with Gasteiger partial charge in [0, 0.05) is 16.1 Å². The molecule has 0 radical (unpaired) electrons. The number of benzene rings is 2. The molecule has 2 aromatic heterocycles. The Morgan fingerprint density at radius 2 is 1.81 bits per heavy atom. The molecule has 0 aliphatic carbocycles. The van der Waals surface area contributed by atoms with E-state index >= 15 is 0 Å². The van der Waals surface area contributed by atoms with Gasteiger partial charge in [-0.3, -0.25) is 9.89 Å². The van der Waals surface area contributed by atoms with Gasteiger partial charge in [0.05, 0.1) is 11.1 Å². The first-order valence-corrected chi connectivity index (χ1v) is 8.51. The molecule has 0 unspecified atom stereocenters. The molecule has 26 heavy (non-hydrogen) atoms. The molecular formula is C18H12ClN5OS. The molecule has 2 heterocycles. The zero-order valence-electron chi connectivity index (χ0n) is 13.3. The number of hydrogen-bond acceptors (Lipinski definition) is 4. The minimum absolute atomic E-state index is 0.249. The highest BCUT2D eigenvalue weighted by molar-refractivity contribution is 7.71. The predicted molar refractivity (Wildman–Crippen MR) is 104 cm³/mol. The molecule has 0 atom stereocenters. The molecule has 0 aliphatic rings. The Morgan fingerprint density at radius 3 is 2.54 bits per heavy atom. The molecule has 0 saturated heterocycles. The number of halogens is 1. The highest BCUT2D eigenvalue weighted by Gasteiger charge is 2.16. The summed E-state index contributed by atoms with van der Waals surface area (Å²) in [5.74, 6) is 0.193. The summed E-state index contributed by atoms with van der Waals surface area (Å²) in [5.41, 5.74) is 2.48. The summed E-state index contributed by atoms with van der Waals surface area (Å²) in [6.45, 7) is 0. The molecule has 1 amide bonds. The number of rotatable bonds is 3. The number of nitrogens with zero attached hydrogens (tertiary/aromatic N) is 2. The van der Waals surface area contributed by atoms with E-state index < -0.39 is 0 Å². The van der Waals surface area contributed by atoms with E-state index in [0.717, 1.165) is 5.56 Å². The third-order valence-corrected chi connectivity index (χ3v) is 4.28. The van der Waals surface area contributed by atoms with Crippen molar-refractivity contribution in [2.24, 2.45) is 0 Å². The Balaban J connectivity index is 1.83. The van der Waals surface area contributed by atoms with Crippen LogP contribution in [-0.2, 0) is 0 Å². The van der Waals surface area contributed by atoms with Gasteiger partial charge in [-0.15, -0.1) is 0 Å². The van der Waals surface area contributed by atoms with Crippen molar-refractivity contribution >= 4 is 46.6 Å². The van der Waals surface area contributed by atoms with Crippen LogP contribution in [0.4, 0.5) is 5.82 Å². The van der Waals surface area contributed by atoms with Crippen LogP contribution in [0.1, 0.15) is 10.4 Å². The number of H-pyrrole nitrogens is 2. The highest BCUT2D eigenvalue weighted by atomic mass is 35.5. The first kappa shape index (κ1) is 16.4. The smallest absolute Gasteiger partial charge is 0.256 e. The van der Waals surface area contributed by atoms with Crippen molar-refractivity contribution in [3.8, 4) is 11.3 Å². The molecule has 4 rings (SSSR count). The molecule has 6 nitrogen and oxygen atoms in total. The van der Waals surface area contributed by atoms with Gasteiger partial charge in [-0.25, -0.2) is 4.98 Å². The maximum atomic E-state index is 12.5. The number of fused-ring (bicyclic) bond motifs is 1. The van der Waals surface area contributed by atoms with Gasteiger partial charge in [-0.05, 0) is 36.5 Å². The number of nitrogens with one attached hydrogen (secondary N) is 3. The van der Waals surface area contributed by atoms with Gasteiger partial charge in [0.1, 0.15) is 5.82 Å². The van der Waals surface area contributed by atoms with Crippen molar-refractivity contribution in [1.82, 2.24) is 20.2 Å². The number of anilines is 1. The lowest BCUT2D eigenvalue weighted by atomic mass is 10.1. The van der Waals surface area contributed by atoms with Crippen LogP contribution in [0.5, 0.6) is 0 Å². The topological polar surface area (TPSA) is 86.5 Å². The zero-order valence-corrected chi connectivity index (χ0v) is 14.9. The molecule has 8 heteroatoms. The van der Waals surface area contributed by atoms with Crippen LogP contribution in [0.15, 0.2) is 54.6 Å². The van der Waals surface area contributed by atoms with Crippen LogP contribution in [0, 0.1) is 4.77 Å². The SMILES string of the molecule is O=C(Nc1[nH]nc2[nH]c(=S)nc(-c3ccc(Cl)cc3)c12)c1ccccc1. The number of aromatic nitrogens is 4. The van der Waals surface area contributed by atoms with E-state index in [4.69, 9.17) is 23.8 Å². The van der Waals surface area contributed by atoms with E-state index in [1.165, 1.54) is 0 Å². The molecule has 3 N–H and O–H groups in total. The van der Waals surface area contributed by atoms with Crippen molar-refractivity contribution in [1.29, 1.82) is 0 Å². The van der Waals surface area contributed by atoms with Crippen molar-refractivity contribution in [2.75, 3.05) is 5.32 Å². The van der Waals surface area contributed by atoms with E-state index in [1.54, 1.807) is 36.4 Å². The second-order valence-electron chi connectivity index (χ2n) is 5.54. The third kappa shape index (κ3) is 3.10. The van der Waals surface area contributed by atoms with Gasteiger partial charge >= 0.3 is 0 Å². The van der Waals surface area contributed by atoms with Gasteiger partial charge < -0.3 is 10.3 Å². The Hall–Kier alpha value is -3.03. The van der Waals surface area contributed by atoms with Gasteiger partial charge in [-0.1, -0.05) is 41.9 Å². The highest BCUT2D eigenvalue weighted by Crippen LogP contribution is 2.30. The summed E-state index contributed by atoms with van der Waals surface area (Å²) in [6.07, 6.45) is 0. The van der Waals surface area contributed by atoms with E-state index in [-0.39, 0.29) is 5.91 Å². The second-order valence-corrected chi connectivity index (χ2v) is 6.36. The number of hydrogen-bond donors (Lipinski definition) is 3. The van der Waals surface area contributed by atoms with Crippen molar-refractivity contribution in [2.45, 2.75) is 0 Å². The van der Waals surface area contributed by atoms with Crippen LogP contribution in [-0.4, -0.2) is 26.1 Å². The average Bonchev–Trinajstić information content (AvgIpc) is 3.05. The minimum Gasteiger partial charge on any atom is -0.313 e. The van der Waals surface area contributed by atoms with Gasteiger partial charge in [0.2, 0.25) is 0 Å². The molecule has 0 spiro atoms. The van der Waals surface area contributed by atoms with Gasteiger partial charge in [0.25, 0.3) is 5.91 Å². The van der Waals surface area contributed by atoms with Crippen LogP contribution in [0.2, 0.25) is 5.02 Å². The fourth-order valence-corrected chi connectivity index (χ4v) is 2.95. The van der Waals surface area contributed by atoms with Crippen LogP contribution >= 0.6 is 23.8 Å². The monoisotopic (exact) mass is 381 g/mol. The molecule has 0 bridgehead atoms. The second kappa shape index (κ2) is 6.70. The first-order valence-electron chi connectivity index (χ1n) is 7.72. The summed E-state index contributed by atoms with van der Waals surface area (Å²) in [4.78, 5) is 19.8. The Morgan fingerprint density at radius 1 is 1.08 bits per heavy atom. The summed E-state index contributed by atoms with van der Waals surface area (Å²) in [5, 5.41) is 11.1. The predicted octanol–water partition coefficient (Wildman–Crippen LogP) is 4.59. The molecule has 0 fully saturated rings. The molecule has 2 aromatic carbocycles. The summed E-state index contributed by atoms with van der Waals surface area (Å²) in [6, 6.07) is 16.2. The lowest BCUT2D eigenvalue weighted by Crippen LogP contribution is -2.12. The fraction of sp³-hybridized carbons (Fsp3) is 0. The zero-order chi connectivity index (χ0) is 18.1. The van der Waals surface area contributed by atoms with Gasteiger partial charge in [-0.2, -0.15) is 5.10 Å². The number of carbonyl (C=O) groups is 1. The Bertz CT molecular complexity index is 1150. The van der Waals surface area contributed by atoms with E-state index in [2.05, 4.69) is 25.5 Å². The van der Waals surface area contributed by atoms with E-state index in [1.807, 2.05) is 18.2 Å². The minimum atomic E-state index is -0.249. The quantitative estimate of drug-likeness (QED) is 0.453. The Labute approximate surface area is 158 Å². The lowest BCUT2D eigenvalue weighted by Gasteiger charge is -2.07.